The molecule has 0 radical (unpaired) electrons. The lowest BCUT2D eigenvalue weighted by atomic mass is 10.0. The summed E-state index contributed by atoms with van der Waals surface area (Å²) in [6.45, 7) is 0.596. The van der Waals surface area contributed by atoms with E-state index in [2.05, 4.69) is 10.3 Å². The highest BCUT2D eigenvalue weighted by Gasteiger charge is 2.22. The Hall–Kier alpha value is -3.60. The van der Waals surface area contributed by atoms with Crippen LogP contribution >= 0.6 is 0 Å². The largest absolute Gasteiger partial charge is 0.457 e. The number of carbonyl (C=O) groups excluding carboxylic acids is 1. The topological polar surface area (TPSA) is 54.1 Å². The van der Waals surface area contributed by atoms with Crippen LogP contribution in [0.5, 0.6) is 11.5 Å². The molecule has 138 valence electrons. The SMILES string of the molecule is O=C1NCCc2c(-c3cccc(Oc4ccc(F)cc4)c3)[nH]c3cccc1c23. The number of benzene rings is 3. The number of hydrogen-bond donors (Lipinski definition) is 2. The molecule has 1 amide bonds. The molecule has 0 saturated heterocycles. The Bertz CT molecular complexity index is 1200. The fourth-order valence-corrected chi connectivity index (χ4v) is 3.75. The fourth-order valence-electron chi connectivity index (χ4n) is 3.75. The smallest absolute Gasteiger partial charge is 0.251 e. The average Bonchev–Trinajstić information content (AvgIpc) is 2.99. The summed E-state index contributed by atoms with van der Waals surface area (Å²) in [5, 5.41) is 3.94. The maximum atomic E-state index is 13.1. The van der Waals surface area contributed by atoms with E-state index >= 15 is 0 Å². The number of H-pyrrole nitrogens is 1. The third kappa shape index (κ3) is 2.81. The Morgan fingerprint density at radius 3 is 2.61 bits per heavy atom. The van der Waals surface area contributed by atoms with E-state index < -0.39 is 0 Å². The fraction of sp³-hybridized carbons (Fsp3) is 0.0870. The van der Waals surface area contributed by atoms with Crippen LogP contribution in [-0.2, 0) is 6.42 Å². The van der Waals surface area contributed by atoms with E-state index in [4.69, 9.17) is 4.74 Å². The first-order valence-corrected chi connectivity index (χ1v) is 9.15. The molecule has 0 atom stereocenters. The van der Waals surface area contributed by atoms with Crippen LogP contribution in [0.2, 0.25) is 0 Å². The molecule has 2 N–H and O–H groups in total. The van der Waals surface area contributed by atoms with Gasteiger partial charge in [0.1, 0.15) is 17.3 Å². The third-order valence-electron chi connectivity index (χ3n) is 5.00. The number of aromatic amines is 1. The molecular weight excluding hydrogens is 355 g/mol. The molecule has 0 unspecified atom stereocenters. The first kappa shape index (κ1) is 16.6. The highest BCUT2D eigenvalue weighted by molar-refractivity contribution is 6.10. The van der Waals surface area contributed by atoms with Crippen LogP contribution in [0.1, 0.15) is 15.9 Å². The molecule has 5 heteroatoms. The Kier molecular flexibility index (Phi) is 3.86. The lowest BCUT2D eigenvalue weighted by Crippen LogP contribution is -2.23. The lowest BCUT2D eigenvalue weighted by molar-refractivity contribution is 0.0957. The molecule has 4 nitrogen and oxygen atoms in total. The zero-order valence-electron chi connectivity index (χ0n) is 15.0. The van der Waals surface area contributed by atoms with Crippen molar-refractivity contribution in [2.45, 2.75) is 6.42 Å². The summed E-state index contributed by atoms with van der Waals surface area (Å²) in [7, 11) is 0. The zero-order chi connectivity index (χ0) is 19.1. The second kappa shape index (κ2) is 6.53. The van der Waals surface area contributed by atoms with E-state index in [1.165, 1.54) is 12.1 Å². The van der Waals surface area contributed by atoms with Gasteiger partial charge in [-0.1, -0.05) is 18.2 Å². The van der Waals surface area contributed by atoms with Crippen molar-refractivity contribution in [3.8, 4) is 22.8 Å². The number of rotatable bonds is 3. The summed E-state index contributed by atoms with van der Waals surface area (Å²) >= 11 is 0. The van der Waals surface area contributed by atoms with E-state index in [0.29, 0.717) is 23.6 Å². The highest BCUT2D eigenvalue weighted by Crippen LogP contribution is 2.35. The Balaban J connectivity index is 1.59. The molecule has 2 heterocycles. The molecule has 1 aliphatic heterocycles. The van der Waals surface area contributed by atoms with Crippen LogP contribution in [0.25, 0.3) is 22.2 Å². The van der Waals surface area contributed by atoms with Crippen LogP contribution in [0.15, 0.2) is 66.7 Å². The molecule has 0 aliphatic carbocycles. The molecule has 0 fully saturated rings. The number of carbonyl (C=O) groups is 1. The van der Waals surface area contributed by atoms with E-state index in [0.717, 1.165) is 34.1 Å². The summed E-state index contributed by atoms with van der Waals surface area (Å²) in [4.78, 5) is 15.8. The van der Waals surface area contributed by atoms with Crippen molar-refractivity contribution >= 4 is 16.8 Å². The van der Waals surface area contributed by atoms with Gasteiger partial charge < -0.3 is 15.0 Å². The van der Waals surface area contributed by atoms with Crippen molar-refractivity contribution in [2.24, 2.45) is 0 Å². The van der Waals surface area contributed by atoms with Crippen LogP contribution in [0, 0.1) is 5.82 Å². The summed E-state index contributed by atoms with van der Waals surface area (Å²) in [5.74, 6) is 0.903. The molecular formula is C23H17FN2O2. The molecule has 3 aromatic carbocycles. The summed E-state index contributed by atoms with van der Waals surface area (Å²) in [6, 6.07) is 19.4. The van der Waals surface area contributed by atoms with Crippen LogP contribution in [-0.4, -0.2) is 17.4 Å². The quantitative estimate of drug-likeness (QED) is 0.529. The first-order valence-electron chi connectivity index (χ1n) is 9.15. The minimum Gasteiger partial charge on any atom is -0.457 e. The number of aromatic nitrogens is 1. The van der Waals surface area contributed by atoms with Gasteiger partial charge in [0.15, 0.2) is 0 Å². The van der Waals surface area contributed by atoms with Crippen LogP contribution in [0.4, 0.5) is 4.39 Å². The monoisotopic (exact) mass is 372 g/mol. The van der Waals surface area contributed by atoms with Crippen molar-refractivity contribution in [3.05, 3.63) is 83.7 Å². The Labute approximate surface area is 161 Å². The predicted octanol–water partition coefficient (Wildman–Crippen LogP) is 5.05. The van der Waals surface area contributed by atoms with Crippen molar-refractivity contribution < 1.29 is 13.9 Å². The van der Waals surface area contributed by atoms with Gasteiger partial charge >= 0.3 is 0 Å². The average molecular weight is 372 g/mol. The highest BCUT2D eigenvalue weighted by atomic mass is 19.1. The number of nitrogens with one attached hydrogen (secondary N) is 2. The van der Waals surface area contributed by atoms with Gasteiger partial charge in [0.25, 0.3) is 5.91 Å². The molecule has 1 aliphatic rings. The second-order valence-corrected chi connectivity index (χ2v) is 6.80. The normalized spacial score (nSPS) is 13.2. The van der Waals surface area contributed by atoms with Gasteiger partial charge in [-0.05, 0) is 60.5 Å². The van der Waals surface area contributed by atoms with Crippen molar-refractivity contribution in [2.75, 3.05) is 6.54 Å². The van der Waals surface area contributed by atoms with Gasteiger partial charge in [-0.3, -0.25) is 4.79 Å². The van der Waals surface area contributed by atoms with Gasteiger partial charge in [0.05, 0.1) is 0 Å². The van der Waals surface area contributed by atoms with Gasteiger partial charge in [-0.25, -0.2) is 4.39 Å². The number of halogens is 1. The standard InChI is InChI=1S/C23H17FN2O2/c24-15-7-9-16(10-8-15)28-17-4-1-3-14(13-17)22-18-11-12-25-23(27)19-5-2-6-20(26-22)21(18)19/h1-10,13,26H,11-12H2,(H,25,27). The van der Waals surface area contributed by atoms with E-state index in [-0.39, 0.29) is 11.7 Å². The number of hydrogen-bond acceptors (Lipinski definition) is 2. The summed E-state index contributed by atoms with van der Waals surface area (Å²) in [6.07, 6.45) is 0.751. The van der Waals surface area contributed by atoms with Gasteiger partial charge in [0, 0.05) is 34.3 Å². The van der Waals surface area contributed by atoms with Gasteiger partial charge in [-0.2, -0.15) is 0 Å². The Morgan fingerprint density at radius 1 is 0.929 bits per heavy atom. The van der Waals surface area contributed by atoms with E-state index in [1.54, 1.807) is 12.1 Å². The van der Waals surface area contributed by atoms with E-state index in [1.807, 2.05) is 42.5 Å². The number of amides is 1. The molecule has 0 bridgehead atoms. The van der Waals surface area contributed by atoms with E-state index in [9.17, 15) is 9.18 Å². The minimum atomic E-state index is -0.298. The molecule has 0 saturated carbocycles. The first-order chi connectivity index (χ1) is 13.7. The third-order valence-corrected chi connectivity index (χ3v) is 5.00. The van der Waals surface area contributed by atoms with Crippen LogP contribution in [0.3, 0.4) is 0 Å². The number of ether oxygens (including phenoxy) is 1. The molecule has 28 heavy (non-hydrogen) atoms. The molecule has 1 aromatic heterocycles. The molecule has 4 aromatic rings. The minimum absolute atomic E-state index is 0.0386. The van der Waals surface area contributed by atoms with Gasteiger partial charge in [0.2, 0.25) is 0 Å². The van der Waals surface area contributed by atoms with Crippen LogP contribution < -0.4 is 10.1 Å². The van der Waals surface area contributed by atoms with Crippen molar-refractivity contribution in [1.29, 1.82) is 0 Å². The maximum Gasteiger partial charge on any atom is 0.251 e. The maximum absolute atomic E-state index is 13.1. The lowest BCUT2D eigenvalue weighted by Gasteiger charge is -2.09. The molecule has 0 spiro atoms. The molecule has 5 rings (SSSR count). The van der Waals surface area contributed by atoms with Crippen molar-refractivity contribution in [3.63, 3.8) is 0 Å². The zero-order valence-corrected chi connectivity index (χ0v) is 15.0. The predicted molar refractivity (Wildman–Crippen MR) is 106 cm³/mol. The summed E-state index contributed by atoms with van der Waals surface area (Å²) < 4.78 is 19.0. The second-order valence-electron chi connectivity index (χ2n) is 6.80. The summed E-state index contributed by atoms with van der Waals surface area (Å²) in [5.41, 5.74) is 4.74. The van der Waals surface area contributed by atoms with Gasteiger partial charge in [-0.15, -0.1) is 0 Å². The Morgan fingerprint density at radius 2 is 1.75 bits per heavy atom. The van der Waals surface area contributed by atoms with Crippen molar-refractivity contribution in [1.82, 2.24) is 10.3 Å².